The van der Waals surface area contributed by atoms with Gasteiger partial charge >= 0.3 is 6.09 Å². The van der Waals surface area contributed by atoms with Crippen LogP contribution in [-0.4, -0.2) is 34.1 Å². The van der Waals surface area contributed by atoms with Crippen LogP contribution in [0.5, 0.6) is 0 Å². The number of likely N-dealkylation sites (tertiary alicyclic amines) is 1. The number of rotatable bonds is 3. The second kappa shape index (κ2) is 7.12. The van der Waals surface area contributed by atoms with E-state index in [1.165, 1.54) is 11.2 Å². The summed E-state index contributed by atoms with van der Waals surface area (Å²) in [6.45, 7) is 1.71. The minimum atomic E-state index is -1.28. The molecule has 5 rings (SSSR count). The number of imide groups is 1. The molecule has 7 nitrogen and oxygen atoms in total. The smallest absolute Gasteiger partial charge is 0.414 e. The van der Waals surface area contributed by atoms with Gasteiger partial charge in [-0.15, -0.1) is 0 Å². The van der Waals surface area contributed by atoms with Crippen LogP contribution in [0, 0.1) is 5.92 Å². The summed E-state index contributed by atoms with van der Waals surface area (Å²) in [5.41, 5.74) is 3.41. The first-order chi connectivity index (χ1) is 15.0. The highest BCUT2D eigenvalue weighted by atomic mass is 16.5. The molecular weight excluding hydrogens is 396 g/mol. The van der Waals surface area contributed by atoms with Crippen molar-refractivity contribution in [3.63, 3.8) is 0 Å². The van der Waals surface area contributed by atoms with Crippen LogP contribution in [0.1, 0.15) is 24.1 Å². The molecule has 2 aromatic rings. The quantitative estimate of drug-likeness (QED) is 0.610. The van der Waals surface area contributed by atoms with Crippen molar-refractivity contribution < 1.29 is 24.2 Å². The maximum atomic E-state index is 13.0. The molecule has 1 N–H and O–H groups in total. The maximum Gasteiger partial charge on any atom is 0.414 e. The summed E-state index contributed by atoms with van der Waals surface area (Å²) in [6, 6.07) is 16.2. The second-order valence-corrected chi connectivity index (χ2v) is 7.87. The Bertz CT molecular complexity index is 1150. The molecule has 2 aliphatic heterocycles. The van der Waals surface area contributed by atoms with Gasteiger partial charge in [0.2, 0.25) is 0 Å². The van der Waals surface area contributed by atoms with Crippen molar-refractivity contribution in [2.24, 2.45) is 5.92 Å². The Labute approximate surface area is 178 Å². The summed E-state index contributed by atoms with van der Waals surface area (Å²) in [5, 5.41) is 9.69. The van der Waals surface area contributed by atoms with E-state index in [0.717, 1.165) is 16.0 Å². The van der Waals surface area contributed by atoms with Gasteiger partial charge in [0.15, 0.2) is 6.23 Å². The van der Waals surface area contributed by atoms with Crippen molar-refractivity contribution in [2.75, 3.05) is 4.90 Å². The normalized spacial score (nSPS) is 25.6. The molecule has 0 bridgehead atoms. The number of hydrogen-bond acceptors (Lipinski definition) is 4. The minimum absolute atomic E-state index is 0.175. The van der Waals surface area contributed by atoms with E-state index in [1.54, 1.807) is 13.0 Å². The standard InChI is InChI=1S/C24H20N2O5/c1-14-11-20(25(22(14)27)16-8-3-2-4-9-16)31-13-19-18-12-15-7-5-6-10-17(15)21(18)26(23(19)28)24(29)30/h2-11,13,18,20-21H,12H2,1H3,(H,29,30). The van der Waals surface area contributed by atoms with Crippen molar-refractivity contribution >= 4 is 23.6 Å². The third-order valence-corrected chi connectivity index (χ3v) is 6.12. The molecule has 3 aliphatic rings. The van der Waals surface area contributed by atoms with Gasteiger partial charge in [0.25, 0.3) is 11.8 Å². The topological polar surface area (TPSA) is 87.2 Å². The van der Waals surface area contributed by atoms with E-state index in [4.69, 9.17) is 4.74 Å². The number of hydrogen-bond donors (Lipinski definition) is 1. The van der Waals surface area contributed by atoms with Crippen LogP contribution in [0.25, 0.3) is 0 Å². The molecule has 0 spiro atoms. The van der Waals surface area contributed by atoms with Crippen molar-refractivity contribution in [3.8, 4) is 0 Å². The van der Waals surface area contributed by atoms with Crippen LogP contribution in [0.4, 0.5) is 10.5 Å². The molecule has 0 saturated carbocycles. The zero-order chi connectivity index (χ0) is 21.7. The molecule has 7 heteroatoms. The predicted molar refractivity (Wildman–Crippen MR) is 112 cm³/mol. The van der Waals surface area contributed by atoms with E-state index in [-0.39, 0.29) is 11.8 Å². The molecule has 3 unspecified atom stereocenters. The number of nitrogens with zero attached hydrogens (tertiary/aromatic N) is 2. The summed E-state index contributed by atoms with van der Waals surface area (Å²) in [6.07, 6.45) is 1.61. The largest absolute Gasteiger partial charge is 0.474 e. The molecule has 2 heterocycles. The molecule has 0 radical (unpaired) electrons. The van der Waals surface area contributed by atoms with E-state index in [2.05, 4.69) is 0 Å². The molecule has 1 aliphatic carbocycles. The highest BCUT2D eigenvalue weighted by Crippen LogP contribution is 2.49. The van der Waals surface area contributed by atoms with Gasteiger partial charge in [-0.05, 0) is 42.7 Å². The number of ether oxygens (including phenoxy) is 1. The van der Waals surface area contributed by atoms with Crippen LogP contribution < -0.4 is 4.90 Å². The second-order valence-electron chi connectivity index (χ2n) is 7.87. The monoisotopic (exact) mass is 416 g/mol. The lowest BCUT2D eigenvalue weighted by molar-refractivity contribution is -0.124. The first-order valence-electron chi connectivity index (χ1n) is 10.0. The van der Waals surface area contributed by atoms with Crippen molar-refractivity contribution in [1.82, 2.24) is 4.90 Å². The summed E-state index contributed by atoms with van der Waals surface area (Å²) in [7, 11) is 0. The lowest BCUT2D eigenvalue weighted by Gasteiger charge is -2.24. The lowest BCUT2D eigenvalue weighted by atomic mass is 9.97. The lowest BCUT2D eigenvalue weighted by Crippen LogP contribution is -2.35. The van der Waals surface area contributed by atoms with E-state index >= 15 is 0 Å². The Balaban J connectivity index is 1.47. The van der Waals surface area contributed by atoms with Crippen LogP contribution >= 0.6 is 0 Å². The third-order valence-electron chi connectivity index (χ3n) is 6.12. The Morgan fingerprint density at radius 2 is 1.77 bits per heavy atom. The molecule has 0 aromatic heterocycles. The third kappa shape index (κ3) is 2.92. The number of carboxylic acid groups (broad SMARTS) is 1. The number of para-hydroxylation sites is 1. The average molecular weight is 416 g/mol. The number of anilines is 1. The zero-order valence-electron chi connectivity index (χ0n) is 16.8. The number of carbonyl (C=O) groups excluding carboxylic acids is 2. The molecule has 2 aromatic carbocycles. The highest BCUT2D eigenvalue weighted by Gasteiger charge is 2.52. The summed E-state index contributed by atoms with van der Waals surface area (Å²) >= 11 is 0. The number of fused-ring (bicyclic) bond motifs is 3. The van der Waals surface area contributed by atoms with Crippen LogP contribution in [0.3, 0.4) is 0 Å². The summed E-state index contributed by atoms with van der Waals surface area (Å²) in [4.78, 5) is 39.9. The summed E-state index contributed by atoms with van der Waals surface area (Å²) in [5.74, 6) is -1.06. The maximum absolute atomic E-state index is 13.0. The summed E-state index contributed by atoms with van der Waals surface area (Å²) < 4.78 is 5.93. The van der Waals surface area contributed by atoms with Gasteiger partial charge in [0, 0.05) is 17.2 Å². The first kappa shape index (κ1) is 19.1. The molecule has 156 valence electrons. The first-order valence-corrected chi connectivity index (χ1v) is 10.0. The average Bonchev–Trinajstić information content (AvgIpc) is 3.35. The number of amides is 3. The van der Waals surface area contributed by atoms with E-state index in [0.29, 0.717) is 23.3 Å². The van der Waals surface area contributed by atoms with Gasteiger partial charge in [0.05, 0.1) is 17.9 Å². The zero-order valence-corrected chi connectivity index (χ0v) is 16.8. The molecule has 1 fully saturated rings. The van der Waals surface area contributed by atoms with Crippen LogP contribution in [0.2, 0.25) is 0 Å². The molecular formula is C24H20N2O5. The van der Waals surface area contributed by atoms with E-state index < -0.39 is 24.3 Å². The molecule has 3 amide bonds. The van der Waals surface area contributed by atoms with Gasteiger partial charge < -0.3 is 9.84 Å². The molecule has 3 atom stereocenters. The Morgan fingerprint density at radius 1 is 1.06 bits per heavy atom. The number of carbonyl (C=O) groups is 3. The molecule has 1 saturated heterocycles. The fourth-order valence-corrected chi connectivity index (χ4v) is 4.70. The van der Waals surface area contributed by atoms with Gasteiger partial charge in [-0.1, -0.05) is 42.5 Å². The Hall–Kier alpha value is -3.87. The van der Waals surface area contributed by atoms with Gasteiger partial charge in [0.1, 0.15) is 0 Å². The van der Waals surface area contributed by atoms with Crippen LogP contribution in [0.15, 0.2) is 78.1 Å². The van der Waals surface area contributed by atoms with Gasteiger partial charge in [-0.3, -0.25) is 14.5 Å². The minimum Gasteiger partial charge on any atom is -0.474 e. The van der Waals surface area contributed by atoms with E-state index in [1.807, 2.05) is 54.6 Å². The van der Waals surface area contributed by atoms with Gasteiger partial charge in [-0.2, -0.15) is 0 Å². The SMILES string of the molecule is CC1=CC(OC=C2C(=O)N(C(=O)O)C3c4ccccc4CC23)N(c2ccccc2)C1=O. The predicted octanol–water partition coefficient (Wildman–Crippen LogP) is 3.64. The van der Waals surface area contributed by atoms with Crippen LogP contribution in [-0.2, 0) is 20.7 Å². The van der Waals surface area contributed by atoms with Gasteiger partial charge in [-0.25, -0.2) is 9.69 Å². The molecule has 31 heavy (non-hydrogen) atoms. The van der Waals surface area contributed by atoms with Crippen molar-refractivity contribution in [2.45, 2.75) is 25.6 Å². The fraction of sp³-hybridized carbons (Fsp3) is 0.208. The van der Waals surface area contributed by atoms with Crippen molar-refractivity contribution in [1.29, 1.82) is 0 Å². The van der Waals surface area contributed by atoms with Crippen molar-refractivity contribution in [3.05, 3.63) is 89.2 Å². The number of benzene rings is 2. The van der Waals surface area contributed by atoms with E-state index in [9.17, 15) is 19.5 Å². The fourth-order valence-electron chi connectivity index (χ4n) is 4.70. The Morgan fingerprint density at radius 3 is 2.52 bits per heavy atom. The Kier molecular flexibility index (Phi) is 4.39. The highest BCUT2D eigenvalue weighted by molar-refractivity contribution is 6.08.